The third-order valence-corrected chi connectivity index (χ3v) is 3.56. The van der Waals surface area contributed by atoms with Crippen LogP contribution in [0, 0.1) is 0 Å². The van der Waals surface area contributed by atoms with E-state index < -0.39 is 17.9 Å². The molecule has 0 aromatic heterocycles. The molecule has 1 aromatic rings. The third-order valence-electron chi connectivity index (χ3n) is 3.56. The van der Waals surface area contributed by atoms with E-state index >= 15 is 0 Å². The summed E-state index contributed by atoms with van der Waals surface area (Å²) in [6, 6.07) is 7.32. The number of hydrogen-bond acceptors (Lipinski definition) is 4. The van der Waals surface area contributed by atoms with Crippen molar-refractivity contribution in [1.82, 2.24) is 0 Å². The highest BCUT2D eigenvalue weighted by atomic mass is 19.1. The van der Waals surface area contributed by atoms with Crippen molar-refractivity contribution < 1.29 is 23.4 Å². The number of alkyl halides is 1. The fraction of sp³-hybridized carbons (Fsp3) is 0.588. The molecule has 0 aliphatic carbocycles. The summed E-state index contributed by atoms with van der Waals surface area (Å²) in [6.07, 6.45) is 1.94. The van der Waals surface area contributed by atoms with Crippen molar-refractivity contribution in [2.75, 3.05) is 13.2 Å². The summed E-state index contributed by atoms with van der Waals surface area (Å²) in [5, 5.41) is 0. The Kier molecular flexibility index (Phi) is 5.91. The third kappa shape index (κ3) is 4.52. The number of rotatable bonds is 6. The van der Waals surface area contributed by atoms with E-state index in [1.54, 1.807) is 12.1 Å². The number of carbonyl (C=O) groups excluding carboxylic acids is 1. The van der Waals surface area contributed by atoms with Gasteiger partial charge in [-0.1, -0.05) is 38.8 Å². The molecule has 1 heterocycles. The lowest BCUT2D eigenvalue weighted by Crippen LogP contribution is -2.47. The number of hydrogen-bond donors (Lipinski definition) is 0. The monoisotopic (exact) mass is 310 g/mol. The molecule has 1 aromatic carbocycles. The molecular formula is C17H23FO4. The summed E-state index contributed by atoms with van der Waals surface area (Å²) in [4.78, 5) is 12.0. The van der Waals surface area contributed by atoms with Crippen LogP contribution in [0.4, 0.5) is 4.39 Å². The first-order valence-corrected chi connectivity index (χ1v) is 7.79. The summed E-state index contributed by atoms with van der Waals surface area (Å²) in [5.74, 6) is -0.218. The van der Waals surface area contributed by atoms with E-state index in [9.17, 15) is 9.18 Å². The fourth-order valence-electron chi connectivity index (χ4n) is 2.45. The average molecular weight is 310 g/mol. The molecule has 4 nitrogen and oxygen atoms in total. The van der Waals surface area contributed by atoms with Crippen molar-refractivity contribution in [3.05, 3.63) is 29.8 Å². The van der Waals surface area contributed by atoms with E-state index in [2.05, 4.69) is 6.92 Å². The molecule has 0 amide bonds. The Morgan fingerprint density at radius 3 is 2.41 bits per heavy atom. The molecule has 0 N–H and O–H groups in total. The first-order chi connectivity index (χ1) is 10.6. The molecule has 2 rings (SSSR count). The van der Waals surface area contributed by atoms with Gasteiger partial charge in [-0.3, -0.25) is 0 Å². The highest BCUT2D eigenvalue weighted by Gasteiger charge is 2.39. The van der Waals surface area contributed by atoms with E-state index in [0.29, 0.717) is 18.6 Å². The van der Waals surface area contributed by atoms with Crippen molar-refractivity contribution in [1.29, 1.82) is 0 Å². The second kappa shape index (κ2) is 7.70. The molecule has 22 heavy (non-hydrogen) atoms. The van der Waals surface area contributed by atoms with Crippen LogP contribution in [0.15, 0.2) is 24.3 Å². The van der Waals surface area contributed by atoms with E-state index in [0.717, 1.165) is 12.8 Å². The number of esters is 1. The van der Waals surface area contributed by atoms with Crippen molar-refractivity contribution in [3.8, 4) is 5.75 Å². The maximum atomic E-state index is 14.2. The molecule has 1 saturated heterocycles. The van der Waals surface area contributed by atoms with Gasteiger partial charge in [-0.05, 0) is 30.5 Å². The lowest BCUT2D eigenvalue weighted by Gasteiger charge is -2.32. The minimum absolute atomic E-state index is 0.143. The van der Waals surface area contributed by atoms with Gasteiger partial charge in [0.1, 0.15) is 5.75 Å². The van der Waals surface area contributed by atoms with Gasteiger partial charge in [0.2, 0.25) is 0 Å². The normalized spacial score (nSPS) is 25.0. The molecular weight excluding hydrogens is 287 g/mol. The average Bonchev–Trinajstić information content (AvgIpc) is 2.50. The quantitative estimate of drug-likeness (QED) is 0.596. The van der Waals surface area contributed by atoms with Gasteiger partial charge in [0, 0.05) is 0 Å². The van der Waals surface area contributed by atoms with Crippen LogP contribution in [-0.4, -0.2) is 31.1 Å². The Balaban J connectivity index is 1.85. The van der Waals surface area contributed by atoms with Crippen LogP contribution in [0.3, 0.4) is 0 Å². The first-order valence-electron chi connectivity index (χ1n) is 7.79. The van der Waals surface area contributed by atoms with Gasteiger partial charge in [0.05, 0.1) is 13.2 Å². The largest absolute Gasteiger partial charge is 0.423 e. The number of ether oxygens (including phenoxy) is 3. The molecule has 0 radical (unpaired) electrons. The lowest BCUT2D eigenvalue weighted by molar-refractivity contribution is -0.237. The predicted octanol–water partition coefficient (Wildman–Crippen LogP) is 3.43. The summed E-state index contributed by atoms with van der Waals surface area (Å²) in [5.41, 5.74) is -0.318. The van der Waals surface area contributed by atoms with Crippen LogP contribution in [0.25, 0.3) is 0 Å². The van der Waals surface area contributed by atoms with Crippen LogP contribution in [-0.2, 0) is 20.7 Å². The van der Waals surface area contributed by atoms with E-state index in [1.807, 2.05) is 19.1 Å². The summed E-state index contributed by atoms with van der Waals surface area (Å²) in [6.45, 7) is 3.71. The van der Waals surface area contributed by atoms with Gasteiger partial charge in [-0.15, -0.1) is 0 Å². The van der Waals surface area contributed by atoms with Gasteiger partial charge in [-0.2, -0.15) is 0 Å². The Labute approximate surface area is 130 Å². The van der Waals surface area contributed by atoms with Crippen molar-refractivity contribution >= 4 is 5.97 Å². The standard InChI is InChI=1S/C17H23FO4/c1-3-5-13-6-8-14(9-7-13)22-15(19)16-20-11-17(18,10-4-2)12-21-16/h6-9,16H,3-5,10-12H2,1-2H3. The predicted molar refractivity (Wildman–Crippen MR) is 80.5 cm³/mol. The minimum atomic E-state index is -1.51. The molecule has 1 aliphatic heterocycles. The van der Waals surface area contributed by atoms with Crippen molar-refractivity contribution in [2.45, 2.75) is 51.5 Å². The van der Waals surface area contributed by atoms with E-state index in [1.165, 1.54) is 5.56 Å². The molecule has 122 valence electrons. The molecule has 1 aliphatic rings. The van der Waals surface area contributed by atoms with Crippen molar-refractivity contribution in [2.24, 2.45) is 0 Å². The molecule has 0 unspecified atom stereocenters. The molecule has 0 bridgehead atoms. The molecule has 0 saturated carbocycles. The Morgan fingerprint density at radius 2 is 1.86 bits per heavy atom. The smallest absolute Gasteiger partial charge is 0.368 e. The fourth-order valence-corrected chi connectivity index (χ4v) is 2.45. The topological polar surface area (TPSA) is 44.8 Å². The van der Waals surface area contributed by atoms with Crippen molar-refractivity contribution in [3.63, 3.8) is 0 Å². The van der Waals surface area contributed by atoms with Gasteiger partial charge in [0.25, 0.3) is 6.29 Å². The molecule has 0 atom stereocenters. The molecule has 0 spiro atoms. The second-order valence-electron chi connectivity index (χ2n) is 5.67. The second-order valence-corrected chi connectivity index (χ2v) is 5.67. The molecule has 5 heteroatoms. The zero-order valence-corrected chi connectivity index (χ0v) is 13.1. The Hall–Kier alpha value is -1.46. The maximum Gasteiger partial charge on any atom is 0.368 e. The lowest BCUT2D eigenvalue weighted by atomic mass is 10.0. The molecule has 1 fully saturated rings. The minimum Gasteiger partial charge on any atom is -0.423 e. The van der Waals surface area contributed by atoms with Gasteiger partial charge in [0.15, 0.2) is 5.67 Å². The van der Waals surface area contributed by atoms with Crippen LogP contribution in [0.2, 0.25) is 0 Å². The number of aryl methyl sites for hydroxylation is 1. The van der Waals surface area contributed by atoms with Crippen LogP contribution in [0.1, 0.15) is 38.7 Å². The number of halogens is 1. The van der Waals surface area contributed by atoms with E-state index in [4.69, 9.17) is 14.2 Å². The SMILES string of the molecule is CCCc1ccc(OC(=O)C2OCC(F)(CCC)CO2)cc1. The summed E-state index contributed by atoms with van der Waals surface area (Å²) >= 11 is 0. The zero-order chi connectivity index (χ0) is 16.0. The number of carbonyl (C=O) groups is 1. The maximum absolute atomic E-state index is 14.2. The number of benzene rings is 1. The first kappa shape index (κ1) is 16.9. The highest BCUT2D eigenvalue weighted by molar-refractivity contribution is 5.76. The highest BCUT2D eigenvalue weighted by Crippen LogP contribution is 2.26. The van der Waals surface area contributed by atoms with Gasteiger partial charge in [-0.25, -0.2) is 9.18 Å². The van der Waals surface area contributed by atoms with Gasteiger partial charge < -0.3 is 14.2 Å². The van der Waals surface area contributed by atoms with Crippen LogP contribution in [0.5, 0.6) is 5.75 Å². The Morgan fingerprint density at radius 1 is 1.23 bits per heavy atom. The van der Waals surface area contributed by atoms with Crippen LogP contribution >= 0.6 is 0 Å². The van der Waals surface area contributed by atoms with E-state index in [-0.39, 0.29) is 13.2 Å². The van der Waals surface area contributed by atoms with Gasteiger partial charge >= 0.3 is 5.97 Å². The Bertz CT molecular complexity index is 478. The van der Waals surface area contributed by atoms with Crippen LogP contribution < -0.4 is 4.74 Å². The summed E-state index contributed by atoms with van der Waals surface area (Å²) < 4.78 is 29.7. The summed E-state index contributed by atoms with van der Waals surface area (Å²) in [7, 11) is 0. The zero-order valence-electron chi connectivity index (χ0n) is 13.1.